The van der Waals surface area contributed by atoms with Gasteiger partial charge in [-0.2, -0.15) is 0 Å². The number of phenolic OH excluding ortho intramolecular Hbond substituents is 1. The minimum Gasteiger partial charge on any atom is -0.508 e. The SMILES string of the molecule is C=C(C)c1cc(O)cc(C(=O)NC/C(C)=C/C)c1. The minimum atomic E-state index is -0.199. The fourth-order valence-corrected chi connectivity index (χ4v) is 1.41. The number of amides is 1. The number of allylic oxidation sites excluding steroid dienone is 2. The van der Waals surface area contributed by atoms with E-state index < -0.39 is 0 Å². The lowest BCUT2D eigenvalue weighted by Crippen LogP contribution is -2.25. The molecule has 0 bridgehead atoms. The van der Waals surface area contributed by atoms with Gasteiger partial charge in [0, 0.05) is 12.1 Å². The quantitative estimate of drug-likeness (QED) is 0.801. The Morgan fingerprint density at radius 1 is 1.33 bits per heavy atom. The molecule has 0 saturated carbocycles. The van der Waals surface area contributed by atoms with Gasteiger partial charge in [0.15, 0.2) is 0 Å². The van der Waals surface area contributed by atoms with Gasteiger partial charge in [-0.3, -0.25) is 4.79 Å². The van der Waals surface area contributed by atoms with Crippen LogP contribution < -0.4 is 5.32 Å². The van der Waals surface area contributed by atoms with E-state index in [2.05, 4.69) is 11.9 Å². The van der Waals surface area contributed by atoms with Crippen molar-refractivity contribution in [3.05, 3.63) is 47.6 Å². The van der Waals surface area contributed by atoms with E-state index >= 15 is 0 Å². The Bertz CT molecular complexity index is 501. The van der Waals surface area contributed by atoms with Crippen LogP contribution in [0.1, 0.15) is 36.7 Å². The second-order valence-corrected chi connectivity index (χ2v) is 4.37. The van der Waals surface area contributed by atoms with E-state index in [4.69, 9.17) is 0 Å². The van der Waals surface area contributed by atoms with Gasteiger partial charge in [0.1, 0.15) is 5.75 Å². The summed E-state index contributed by atoms with van der Waals surface area (Å²) in [6, 6.07) is 4.77. The van der Waals surface area contributed by atoms with E-state index in [1.807, 2.05) is 26.8 Å². The van der Waals surface area contributed by atoms with Crippen LogP contribution in [0.3, 0.4) is 0 Å². The van der Waals surface area contributed by atoms with Gasteiger partial charge in [-0.15, -0.1) is 0 Å². The molecule has 0 spiro atoms. The third kappa shape index (κ3) is 3.77. The Balaban J connectivity index is 2.89. The van der Waals surface area contributed by atoms with Gasteiger partial charge in [-0.25, -0.2) is 0 Å². The standard InChI is InChI=1S/C15H19NO2/c1-5-11(4)9-16-15(18)13-6-12(10(2)3)7-14(17)8-13/h5-8,17H,2,9H2,1,3-4H3,(H,16,18)/b11-5+. The topological polar surface area (TPSA) is 49.3 Å². The van der Waals surface area contributed by atoms with Gasteiger partial charge >= 0.3 is 0 Å². The number of hydrogen-bond donors (Lipinski definition) is 2. The number of hydrogen-bond acceptors (Lipinski definition) is 2. The van der Waals surface area contributed by atoms with E-state index in [1.54, 1.807) is 12.1 Å². The van der Waals surface area contributed by atoms with Crippen LogP contribution in [0.15, 0.2) is 36.4 Å². The van der Waals surface area contributed by atoms with Crippen LogP contribution in [-0.2, 0) is 0 Å². The van der Waals surface area contributed by atoms with Crippen LogP contribution in [0.2, 0.25) is 0 Å². The Labute approximate surface area is 108 Å². The zero-order valence-electron chi connectivity index (χ0n) is 11.1. The smallest absolute Gasteiger partial charge is 0.251 e. The molecular formula is C15H19NO2. The molecule has 3 heteroatoms. The highest BCUT2D eigenvalue weighted by atomic mass is 16.3. The van der Waals surface area contributed by atoms with E-state index in [9.17, 15) is 9.90 Å². The fourth-order valence-electron chi connectivity index (χ4n) is 1.41. The molecule has 0 aliphatic rings. The molecule has 0 fully saturated rings. The van der Waals surface area contributed by atoms with Crippen molar-refractivity contribution in [2.24, 2.45) is 0 Å². The average molecular weight is 245 g/mol. The molecule has 2 N–H and O–H groups in total. The number of nitrogens with one attached hydrogen (secondary N) is 1. The molecule has 1 aromatic rings. The van der Waals surface area contributed by atoms with Gasteiger partial charge in [0.25, 0.3) is 5.91 Å². The van der Waals surface area contributed by atoms with Crippen molar-refractivity contribution in [3.8, 4) is 5.75 Å². The molecule has 0 heterocycles. The van der Waals surface area contributed by atoms with E-state index in [0.717, 1.165) is 16.7 Å². The molecule has 0 aliphatic carbocycles. The summed E-state index contributed by atoms with van der Waals surface area (Å²) in [5.74, 6) is -0.127. The first-order valence-electron chi connectivity index (χ1n) is 5.84. The molecule has 0 aromatic heterocycles. The summed E-state index contributed by atoms with van der Waals surface area (Å²) < 4.78 is 0. The second-order valence-electron chi connectivity index (χ2n) is 4.37. The number of carbonyl (C=O) groups is 1. The number of aromatic hydroxyl groups is 1. The maximum atomic E-state index is 11.9. The molecule has 0 radical (unpaired) electrons. The molecule has 1 aromatic carbocycles. The van der Waals surface area contributed by atoms with Gasteiger partial charge < -0.3 is 10.4 Å². The lowest BCUT2D eigenvalue weighted by molar-refractivity contribution is 0.0956. The second kappa shape index (κ2) is 6.05. The van der Waals surface area contributed by atoms with Gasteiger partial charge in [-0.05, 0) is 44.5 Å². The molecule has 1 amide bonds. The van der Waals surface area contributed by atoms with Gasteiger partial charge in [0.05, 0.1) is 0 Å². The molecule has 0 saturated heterocycles. The normalized spacial score (nSPS) is 11.2. The summed E-state index contributed by atoms with van der Waals surface area (Å²) in [7, 11) is 0. The molecule has 96 valence electrons. The average Bonchev–Trinajstić information content (AvgIpc) is 2.34. The highest BCUT2D eigenvalue weighted by Gasteiger charge is 2.08. The number of rotatable bonds is 4. The summed E-state index contributed by atoms with van der Waals surface area (Å²) in [6.45, 7) is 10.0. The molecule has 0 atom stereocenters. The first-order valence-corrected chi connectivity index (χ1v) is 5.84. The summed E-state index contributed by atoms with van der Waals surface area (Å²) >= 11 is 0. The number of benzene rings is 1. The van der Waals surface area contributed by atoms with Crippen molar-refractivity contribution < 1.29 is 9.90 Å². The number of carbonyl (C=O) groups excluding carboxylic acids is 1. The predicted molar refractivity (Wildman–Crippen MR) is 74.6 cm³/mol. The zero-order valence-corrected chi connectivity index (χ0v) is 11.1. The molecule has 0 unspecified atom stereocenters. The Morgan fingerprint density at radius 3 is 2.50 bits per heavy atom. The van der Waals surface area contributed by atoms with Crippen molar-refractivity contribution in [1.82, 2.24) is 5.32 Å². The summed E-state index contributed by atoms with van der Waals surface area (Å²) in [6.07, 6.45) is 1.95. The molecule has 1 rings (SSSR count). The molecule has 0 aliphatic heterocycles. The van der Waals surface area contributed by atoms with Crippen LogP contribution in [0.5, 0.6) is 5.75 Å². The largest absolute Gasteiger partial charge is 0.508 e. The first-order chi connectivity index (χ1) is 8.43. The number of phenols is 1. The zero-order chi connectivity index (χ0) is 13.7. The fraction of sp³-hybridized carbons (Fsp3) is 0.267. The van der Waals surface area contributed by atoms with Crippen molar-refractivity contribution in [2.75, 3.05) is 6.54 Å². The Morgan fingerprint density at radius 2 is 1.94 bits per heavy atom. The van der Waals surface area contributed by atoms with E-state index in [0.29, 0.717) is 12.1 Å². The van der Waals surface area contributed by atoms with Crippen LogP contribution in [0.4, 0.5) is 0 Å². The van der Waals surface area contributed by atoms with Crippen molar-refractivity contribution in [2.45, 2.75) is 20.8 Å². The Hall–Kier alpha value is -2.03. The molecule has 3 nitrogen and oxygen atoms in total. The molecular weight excluding hydrogens is 226 g/mol. The third-order valence-corrected chi connectivity index (χ3v) is 2.69. The lowest BCUT2D eigenvalue weighted by Gasteiger charge is -2.08. The highest BCUT2D eigenvalue weighted by molar-refractivity contribution is 5.95. The van der Waals surface area contributed by atoms with E-state index in [1.165, 1.54) is 6.07 Å². The van der Waals surface area contributed by atoms with Crippen LogP contribution in [0, 0.1) is 0 Å². The lowest BCUT2D eigenvalue weighted by atomic mass is 10.0. The molecule has 18 heavy (non-hydrogen) atoms. The van der Waals surface area contributed by atoms with Crippen molar-refractivity contribution >= 4 is 11.5 Å². The summed E-state index contributed by atoms with van der Waals surface area (Å²) in [4.78, 5) is 11.9. The maximum absolute atomic E-state index is 11.9. The van der Waals surface area contributed by atoms with Crippen LogP contribution in [0.25, 0.3) is 5.57 Å². The van der Waals surface area contributed by atoms with Crippen LogP contribution in [-0.4, -0.2) is 17.6 Å². The minimum absolute atomic E-state index is 0.0726. The summed E-state index contributed by atoms with van der Waals surface area (Å²) in [5.41, 5.74) is 3.10. The maximum Gasteiger partial charge on any atom is 0.251 e. The van der Waals surface area contributed by atoms with Crippen LogP contribution >= 0.6 is 0 Å². The van der Waals surface area contributed by atoms with Gasteiger partial charge in [-0.1, -0.05) is 23.8 Å². The summed E-state index contributed by atoms with van der Waals surface area (Å²) in [5, 5.41) is 12.4. The van der Waals surface area contributed by atoms with Crippen molar-refractivity contribution in [3.63, 3.8) is 0 Å². The first kappa shape index (κ1) is 14.0. The van der Waals surface area contributed by atoms with E-state index in [-0.39, 0.29) is 11.7 Å². The third-order valence-electron chi connectivity index (χ3n) is 2.69. The monoisotopic (exact) mass is 245 g/mol. The predicted octanol–water partition coefficient (Wildman–Crippen LogP) is 3.12. The van der Waals surface area contributed by atoms with Gasteiger partial charge in [0.2, 0.25) is 0 Å². The highest BCUT2D eigenvalue weighted by Crippen LogP contribution is 2.20. The Kier molecular flexibility index (Phi) is 4.72. The van der Waals surface area contributed by atoms with Crippen molar-refractivity contribution in [1.29, 1.82) is 0 Å².